The van der Waals surface area contributed by atoms with Gasteiger partial charge < -0.3 is 15.3 Å². The van der Waals surface area contributed by atoms with E-state index in [1.807, 2.05) is 5.32 Å². The van der Waals surface area contributed by atoms with E-state index < -0.39 is 52.3 Å². The zero-order valence-corrected chi connectivity index (χ0v) is 9.62. The summed E-state index contributed by atoms with van der Waals surface area (Å²) >= 11 is 0. The molecule has 0 saturated heterocycles. The van der Waals surface area contributed by atoms with Gasteiger partial charge in [0.15, 0.2) is 0 Å². The Morgan fingerprint density at radius 2 is 1.44 bits per heavy atom. The van der Waals surface area contributed by atoms with Crippen LogP contribution in [-0.2, 0) is 24.5 Å². The van der Waals surface area contributed by atoms with E-state index in [2.05, 4.69) is 0 Å². The van der Waals surface area contributed by atoms with Crippen LogP contribution in [0.3, 0.4) is 0 Å². The van der Waals surface area contributed by atoms with Gasteiger partial charge in [0, 0.05) is 0 Å². The molecule has 0 spiro atoms. The molecule has 0 aliphatic rings. The van der Waals surface area contributed by atoms with Crippen LogP contribution in [0, 0.1) is 0 Å². The Hall–Kier alpha value is -1.72. The van der Waals surface area contributed by atoms with E-state index >= 15 is 0 Å². The molecule has 104 valence electrons. The number of carbonyl (C=O) groups is 3. The molecule has 0 aromatic heterocycles. The number of aliphatic carboxylic acids is 3. The molecule has 0 aliphatic heterocycles. The predicted octanol–water partition coefficient (Wildman–Crippen LogP) is -2.16. The molecule has 1 unspecified atom stereocenters. The second kappa shape index (κ2) is 6.28. The molecule has 0 radical (unpaired) electrons. The fourth-order valence-electron chi connectivity index (χ4n) is 1.04. The highest BCUT2D eigenvalue weighted by molar-refractivity contribution is 7.85. The topological polar surface area (TPSA) is 178 Å². The Morgan fingerprint density at radius 3 is 1.72 bits per heavy atom. The first-order chi connectivity index (χ1) is 8.03. The van der Waals surface area contributed by atoms with Crippen molar-refractivity contribution < 1.29 is 42.7 Å². The van der Waals surface area contributed by atoms with Gasteiger partial charge in [-0.05, 0) is 0 Å². The lowest BCUT2D eigenvalue weighted by molar-refractivity contribution is -0.147. The molecule has 0 fully saturated rings. The van der Waals surface area contributed by atoms with E-state index in [0.717, 1.165) is 0 Å². The van der Waals surface area contributed by atoms with E-state index in [4.69, 9.17) is 19.9 Å². The third-order valence-corrected chi connectivity index (χ3v) is 2.51. The molecular formula is C7H11NO9S. The highest BCUT2D eigenvalue weighted by Gasteiger charge is 2.30. The summed E-state index contributed by atoms with van der Waals surface area (Å²) in [5.74, 6) is -6.17. The smallest absolute Gasteiger partial charge is 0.321 e. The first-order valence-corrected chi connectivity index (χ1v) is 6.02. The first kappa shape index (κ1) is 16.3. The maximum atomic E-state index is 10.6. The largest absolute Gasteiger partial charge is 0.481 e. The van der Waals surface area contributed by atoms with Crippen LogP contribution in [0.5, 0.6) is 0 Å². The van der Waals surface area contributed by atoms with E-state index in [1.54, 1.807) is 0 Å². The first-order valence-electron chi connectivity index (χ1n) is 4.41. The van der Waals surface area contributed by atoms with Gasteiger partial charge in [0.05, 0.1) is 6.42 Å². The minimum Gasteiger partial charge on any atom is -0.481 e. The minimum atomic E-state index is -4.65. The summed E-state index contributed by atoms with van der Waals surface area (Å²) in [6.07, 6.45) is -0.940. The van der Waals surface area contributed by atoms with Crippen LogP contribution in [0.25, 0.3) is 0 Å². The molecule has 0 aromatic carbocycles. The molecule has 2 atom stereocenters. The average Bonchev–Trinajstić information content (AvgIpc) is 2.12. The average molecular weight is 285 g/mol. The second-order valence-electron chi connectivity index (χ2n) is 3.29. The summed E-state index contributed by atoms with van der Waals surface area (Å²) in [7, 11) is -4.65. The molecule has 0 aromatic rings. The molecule has 10 nitrogen and oxygen atoms in total. The van der Waals surface area contributed by atoms with Gasteiger partial charge in [-0.3, -0.25) is 24.3 Å². The van der Waals surface area contributed by atoms with Crippen molar-refractivity contribution in [2.45, 2.75) is 18.5 Å². The molecule has 0 aliphatic carbocycles. The van der Waals surface area contributed by atoms with Crippen LogP contribution < -0.4 is 5.32 Å². The van der Waals surface area contributed by atoms with Crippen LogP contribution in [-0.4, -0.2) is 64.0 Å². The Kier molecular flexibility index (Phi) is 5.68. The van der Waals surface area contributed by atoms with Crippen LogP contribution in [0.1, 0.15) is 6.42 Å². The quantitative estimate of drug-likeness (QED) is 0.308. The van der Waals surface area contributed by atoms with Gasteiger partial charge in [0.2, 0.25) is 0 Å². The van der Waals surface area contributed by atoms with Gasteiger partial charge in [-0.15, -0.1) is 0 Å². The molecule has 18 heavy (non-hydrogen) atoms. The predicted molar refractivity (Wildman–Crippen MR) is 54.7 cm³/mol. The van der Waals surface area contributed by atoms with Gasteiger partial charge in [-0.25, -0.2) is 0 Å². The normalized spacial score (nSPS) is 14.7. The summed E-state index contributed by atoms with van der Waals surface area (Å²) < 4.78 is 29.5. The zero-order chi connectivity index (χ0) is 14.5. The summed E-state index contributed by atoms with van der Waals surface area (Å²) in [4.78, 5) is 31.6. The molecule has 5 N–H and O–H groups in total. The van der Waals surface area contributed by atoms with Gasteiger partial charge in [0.25, 0.3) is 10.1 Å². The fraction of sp³-hybridized carbons (Fsp3) is 0.571. The summed E-state index contributed by atoms with van der Waals surface area (Å²) in [6, 6.07) is -3.72. The van der Waals surface area contributed by atoms with Gasteiger partial charge in [0.1, 0.15) is 17.8 Å². The summed E-state index contributed by atoms with van der Waals surface area (Å²) in [5, 5.41) is 27.5. The highest BCUT2D eigenvalue weighted by atomic mass is 32.2. The van der Waals surface area contributed by atoms with Crippen LogP contribution in [0.15, 0.2) is 0 Å². The number of rotatable bonds is 8. The number of hydrogen-bond acceptors (Lipinski definition) is 6. The van der Waals surface area contributed by atoms with Crippen LogP contribution >= 0.6 is 0 Å². The Morgan fingerprint density at radius 1 is 1.00 bits per heavy atom. The Bertz CT molecular complexity index is 442. The van der Waals surface area contributed by atoms with Crippen molar-refractivity contribution in [3.8, 4) is 0 Å². The monoisotopic (exact) mass is 285 g/mol. The molecule has 0 bridgehead atoms. The molecule has 0 rings (SSSR count). The summed E-state index contributed by atoms with van der Waals surface area (Å²) in [6.45, 7) is 0. The molecular weight excluding hydrogens is 274 g/mol. The van der Waals surface area contributed by atoms with Crippen molar-refractivity contribution in [2.24, 2.45) is 0 Å². The molecule has 11 heteroatoms. The zero-order valence-electron chi connectivity index (χ0n) is 8.81. The lowest BCUT2D eigenvalue weighted by Gasteiger charge is -2.17. The van der Waals surface area contributed by atoms with E-state index in [-0.39, 0.29) is 0 Å². The maximum Gasteiger partial charge on any atom is 0.321 e. The molecule has 0 saturated carbocycles. The lowest BCUT2D eigenvalue weighted by Crippen LogP contribution is -2.51. The molecule has 0 amide bonds. The van der Waals surface area contributed by atoms with Crippen molar-refractivity contribution in [3.63, 3.8) is 0 Å². The molecule has 0 heterocycles. The Labute approximate surface area is 101 Å². The fourth-order valence-corrected chi connectivity index (χ4v) is 1.70. The van der Waals surface area contributed by atoms with E-state index in [1.165, 1.54) is 0 Å². The van der Waals surface area contributed by atoms with E-state index in [9.17, 15) is 22.8 Å². The van der Waals surface area contributed by atoms with E-state index in [0.29, 0.717) is 0 Å². The number of carboxylic acid groups (broad SMARTS) is 3. The third-order valence-electron chi connectivity index (χ3n) is 1.75. The third kappa shape index (κ3) is 6.78. The standard InChI is InChI=1S/C7H11NO9S/c9-5(10)1-3(6(11)12)8-4(7(13)14)2-18(15,16)17/h3-4,8H,1-2H2,(H,9,10)(H,11,12)(H,13,14)(H,15,16,17)/t3?,4-/m0/s1. The minimum absolute atomic E-state index is 0.940. The SMILES string of the molecule is O=C(O)CC(N[C@@H](CS(=O)(=O)O)C(=O)O)C(=O)O. The maximum absolute atomic E-state index is 10.6. The van der Waals surface area contributed by atoms with Crippen molar-refractivity contribution in [1.29, 1.82) is 0 Å². The summed E-state index contributed by atoms with van der Waals surface area (Å²) in [5.41, 5.74) is 0. The van der Waals surface area contributed by atoms with Crippen molar-refractivity contribution in [2.75, 3.05) is 5.75 Å². The van der Waals surface area contributed by atoms with Crippen molar-refractivity contribution in [3.05, 3.63) is 0 Å². The van der Waals surface area contributed by atoms with Gasteiger partial charge in [-0.1, -0.05) is 0 Å². The highest BCUT2D eigenvalue weighted by Crippen LogP contribution is 1.99. The number of nitrogens with one attached hydrogen (secondary N) is 1. The van der Waals surface area contributed by atoms with Crippen molar-refractivity contribution in [1.82, 2.24) is 5.32 Å². The van der Waals surface area contributed by atoms with Gasteiger partial charge >= 0.3 is 17.9 Å². The van der Waals surface area contributed by atoms with Crippen LogP contribution in [0.2, 0.25) is 0 Å². The van der Waals surface area contributed by atoms with Crippen molar-refractivity contribution >= 4 is 28.0 Å². The lowest BCUT2D eigenvalue weighted by atomic mass is 10.2. The van der Waals surface area contributed by atoms with Crippen LogP contribution in [0.4, 0.5) is 0 Å². The Balaban J connectivity index is 4.88. The number of carboxylic acids is 3. The number of hydrogen-bond donors (Lipinski definition) is 5. The second-order valence-corrected chi connectivity index (χ2v) is 4.79. The van der Waals surface area contributed by atoms with Gasteiger partial charge in [-0.2, -0.15) is 8.42 Å².